The van der Waals surface area contributed by atoms with Crippen molar-refractivity contribution in [2.75, 3.05) is 26.3 Å². The molecule has 0 saturated carbocycles. The fraction of sp³-hybridized carbons (Fsp3) is 0.500. The highest BCUT2D eigenvalue weighted by molar-refractivity contribution is 7.90. The van der Waals surface area contributed by atoms with Crippen molar-refractivity contribution in [3.8, 4) is 0 Å². The molecule has 1 N–H and O–H groups in total. The van der Waals surface area contributed by atoms with Gasteiger partial charge in [-0.2, -0.15) is 0 Å². The molecule has 8 heteroatoms. The van der Waals surface area contributed by atoms with Crippen LogP contribution in [0.15, 0.2) is 30.3 Å². The Kier molecular flexibility index (Phi) is 4.32. The number of rotatable bonds is 5. The summed E-state index contributed by atoms with van der Waals surface area (Å²) in [5.41, 5.74) is 0.896. The molecular weight excluding hydrogens is 308 g/mol. The van der Waals surface area contributed by atoms with Crippen LogP contribution in [0.25, 0.3) is 0 Å². The number of ether oxygens (including phenoxy) is 2. The monoisotopic (exact) mass is 326 g/mol. The number of hydrogen-bond acceptors (Lipinski definition) is 5. The van der Waals surface area contributed by atoms with Crippen LogP contribution < -0.4 is 4.72 Å². The number of carbonyl (C=O) groups is 1. The van der Waals surface area contributed by atoms with Crippen LogP contribution in [0.2, 0.25) is 0 Å². The molecule has 0 radical (unpaired) electrons. The quantitative estimate of drug-likeness (QED) is 0.843. The van der Waals surface area contributed by atoms with Gasteiger partial charge in [0.15, 0.2) is 0 Å². The van der Waals surface area contributed by atoms with Crippen molar-refractivity contribution < 1.29 is 22.7 Å². The molecule has 0 aromatic heterocycles. The highest BCUT2D eigenvalue weighted by Crippen LogP contribution is 2.18. The van der Waals surface area contributed by atoms with E-state index in [2.05, 4.69) is 4.72 Å². The largest absolute Gasteiger partial charge is 0.445 e. The highest BCUT2D eigenvalue weighted by atomic mass is 32.2. The molecule has 0 bridgehead atoms. The molecule has 0 spiro atoms. The predicted molar refractivity (Wildman–Crippen MR) is 78.7 cm³/mol. The van der Waals surface area contributed by atoms with Crippen LogP contribution in [0.1, 0.15) is 5.56 Å². The zero-order chi connectivity index (χ0) is 15.6. The molecule has 120 valence electrons. The van der Waals surface area contributed by atoms with E-state index in [4.69, 9.17) is 9.47 Å². The number of likely N-dealkylation sites (tertiary alicyclic amines) is 1. The summed E-state index contributed by atoms with van der Waals surface area (Å²) in [6.07, 6.45) is -0.484. The number of hydrogen-bond donors (Lipinski definition) is 1. The lowest BCUT2D eigenvalue weighted by Gasteiger charge is -2.39. The Labute approximate surface area is 129 Å². The van der Waals surface area contributed by atoms with E-state index in [1.807, 2.05) is 30.3 Å². The van der Waals surface area contributed by atoms with E-state index in [1.165, 1.54) is 4.90 Å². The third-order valence-corrected chi connectivity index (χ3v) is 5.56. The van der Waals surface area contributed by atoms with E-state index in [0.717, 1.165) is 5.56 Å². The van der Waals surface area contributed by atoms with Gasteiger partial charge in [-0.05, 0) is 5.56 Å². The van der Waals surface area contributed by atoms with Gasteiger partial charge in [-0.15, -0.1) is 0 Å². The minimum atomic E-state index is -3.40. The predicted octanol–water partition coefficient (Wildman–Crippen LogP) is 0.326. The third kappa shape index (κ3) is 3.40. The normalized spacial score (nSPS) is 19.4. The highest BCUT2D eigenvalue weighted by Gasteiger charge is 2.42. The lowest BCUT2D eigenvalue weighted by molar-refractivity contribution is 0.00436. The van der Waals surface area contributed by atoms with Crippen LogP contribution in [0, 0.1) is 0 Å². The van der Waals surface area contributed by atoms with Crippen molar-refractivity contribution in [1.29, 1.82) is 0 Å². The van der Waals surface area contributed by atoms with Gasteiger partial charge in [-0.25, -0.2) is 17.9 Å². The smallest absolute Gasteiger partial charge is 0.410 e. The van der Waals surface area contributed by atoms with Crippen molar-refractivity contribution in [3.63, 3.8) is 0 Å². The molecule has 0 atom stereocenters. The van der Waals surface area contributed by atoms with Gasteiger partial charge in [-0.3, -0.25) is 0 Å². The van der Waals surface area contributed by atoms with Gasteiger partial charge in [0, 0.05) is 13.1 Å². The van der Waals surface area contributed by atoms with Crippen LogP contribution >= 0.6 is 0 Å². The molecule has 1 aromatic rings. The van der Waals surface area contributed by atoms with Crippen molar-refractivity contribution in [3.05, 3.63) is 35.9 Å². The molecular formula is C14H18N2O5S. The third-order valence-electron chi connectivity index (χ3n) is 3.72. The maximum absolute atomic E-state index is 12.0. The van der Waals surface area contributed by atoms with Gasteiger partial charge < -0.3 is 14.4 Å². The van der Waals surface area contributed by atoms with Crippen LogP contribution in [0.4, 0.5) is 4.79 Å². The minimum Gasteiger partial charge on any atom is -0.445 e. The molecule has 2 aliphatic heterocycles. The summed E-state index contributed by atoms with van der Waals surface area (Å²) in [6.45, 7) is 1.34. The van der Waals surface area contributed by atoms with Crippen molar-refractivity contribution >= 4 is 16.1 Å². The van der Waals surface area contributed by atoms with E-state index in [1.54, 1.807) is 0 Å². The number of benzene rings is 1. The van der Waals surface area contributed by atoms with Gasteiger partial charge in [0.1, 0.15) is 11.9 Å². The van der Waals surface area contributed by atoms with Gasteiger partial charge in [0.05, 0.1) is 19.3 Å². The van der Waals surface area contributed by atoms with Gasteiger partial charge in [0.25, 0.3) is 0 Å². The average molecular weight is 326 g/mol. The SMILES string of the molecule is O=C(OCc1ccccc1)N1CC(S(=O)(=O)NC2COC2)C1. The lowest BCUT2D eigenvalue weighted by atomic mass is 10.2. The minimum absolute atomic E-state index is 0.135. The lowest BCUT2D eigenvalue weighted by Crippen LogP contribution is -2.62. The first kappa shape index (κ1) is 15.3. The molecule has 1 aromatic carbocycles. The zero-order valence-corrected chi connectivity index (χ0v) is 12.8. The molecule has 3 rings (SSSR count). The average Bonchev–Trinajstić information content (AvgIpc) is 2.40. The number of carbonyl (C=O) groups excluding carboxylic acids is 1. The maximum Gasteiger partial charge on any atom is 0.410 e. The summed E-state index contributed by atoms with van der Waals surface area (Å²) in [5, 5.41) is -0.572. The second kappa shape index (κ2) is 6.23. The van der Waals surface area contributed by atoms with E-state index < -0.39 is 21.4 Å². The molecule has 2 heterocycles. The van der Waals surface area contributed by atoms with Crippen LogP contribution in [-0.4, -0.2) is 57.0 Å². The second-order valence-electron chi connectivity index (χ2n) is 5.46. The van der Waals surface area contributed by atoms with Crippen LogP contribution in [-0.2, 0) is 26.1 Å². The Balaban J connectivity index is 1.43. The molecule has 1 amide bonds. The van der Waals surface area contributed by atoms with E-state index >= 15 is 0 Å². The molecule has 2 fully saturated rings. The Morgan fingerprint density at radius 3 is 2.55 bits per heavy atom. The standard InChI is InChI=1S/C14H18N2O5S/c17-14(21-8-11-4-2-1-3-5-11)16-6-13(7-16)22(18,19)15-12-9-20-10-12/h1-5,12-13,15H,6-10H2. The fourth-order valence-electron chi connectivity index (χ4n) is 2.23. The molecule has 2 saturated heterocycles. The molecule has 22 heavy (non-hydrogen) atoms. The maximum atomic E-state index is 12.0. The van der Waals surface area contributed by atoms with E-state index in [9.17, 15) is 13.2 Å². The summed E-state index contributed by atoms with van der Waals surface area (Å²) in [6, 6.07) is 9.21. The van der Waals surface area contributed by atoms with Crippen LogP contribution in [0.5, 0.6) is 0 Å². The number of nitrogens with zero attached hydrogens (tertiary/aromatic N) is 1. The summed E-state index contributed by atoms with van der Waals surface area (Å²) in [5.74, 6) is 0. The summed E-state index contributed by atoms with van der Waals surface area (Å²) in [4.78, 5) is 13.2. The Hall–Kier alpha value is -1.64. The molecule has 7 nitrogen and oxygen atoms in total. The number of nitrogens with one attached hydrogen (secondary N) is 1. The molecule has 0 aliphatic carbocycles. The van der Waals surface area contributed by atoms with Crippen LogP contribution in [0.3, 0.4) is 0 Å². The van der Waals surface area contributed by atoms with Gasteiger partial charge in [-0.1, -0.05) is 30.3 Å². The summed E-state index contributed by atoms with van der Waals surface area (Å²) in [7, 11) is -3.40. The number of amides is 1. The number of sulfonamides is 1. The summed E-state index contributed by atoms with van der Waals surface area (Å²) < 4.78 is 36.7. The summed E-state index contributed by atoms with van der Waals surface area (Å²) >= 11 is 0. The fourth-order valence-corrected chi connectivity index (χ4v) is 3.77. The van der Waals surface area contributed by atoms with Crippen molar-refractivity contribution in [2.24, 2.45) is 0 Å². The first-order valence-electron chi connectivity index (χ1n) is 7.09. The topological polar surface area (TPSA) is 84.9 Å². The Morgan fingerprint density at radius 1 is 1.27 bits per heavy atom. The van der Waals surface area contributed by atoms with E-state index in [-0.39, 0.29) is 25.7 Å². The van der Waals surface area contributed by atoms with Gasteiger partial charge in [0.2, 0.25) is 10.0 Å². The first-order valence-corrected chi connectivity index (χ1v) is 8.64. The van der Waals surface area contributed by atoms with Gasteiger partial charge >= 0.3 is 6.09 Å². The Bertz CT molecular complexity index is 624. The van der Waals surface area contributed by atoms with Crippen molar-refractivity contribution in [2.45, 2.75) is 17.9 Å². The van der Waals surface area contributed by atoms with Crippen molar-refractivity contribution in [1.82, 2.24) is 9.62 Å². The first-order chi connectivity index (χ1) is 10.5. The zero-order valence-electron chi connectivity index (χ0n) is 12.0. The second-order valence-corrected chi connectivity index (χ2v) is 7.46. The Morgan fingerprint density at radius 2 is 1.95 bits per heavy atom. The molecule has 0 unspecified atom stereocenters. The molecule has 2 aliphatic rings. The van der Waals surface area contributed by atoms with E-state index in [0.29, 0.717) is 13.2 Å².